The molecule has 2 aliphatic rings. The second kappa shape index (κ2) is 6.01. The topological polar surface area (TPSA) is 0 Å². The van der Waals surface area contributed by atoms with Gasteiger partial charge in [0.25, 0.3) is 0 Å². The molecule has 0 heterocycles. The summed E-state index contributed by atoms with van der Waals surface area (Å²) < 4.78 is 26.9. The fourth-order valence-electron chi connectivity index (χ4n) is 4.15. The lowest BCUT2D eigenvalue weighted by atomic mass is 9.66. The van der Waals surface area contributed by atoms with E-state index in [2.05, 4.69) is 0 Å². The van der Waals surface area contributed by atoms with Gasteiger partial charge in [-0.15, -0.1) is 11.6 Å². The zero-order valence-corrected chi connectivity index (χ0v) is 12.4. The van der Waals surface area contributed by atoms with Gasteiger partial charge in [-0.3, -0.25) is 0 Å². The van der Waals surface area contributed by atoms with Crippen LogP contribution in [0.3, 0.4) is 0 Å². The lowest BCUT2D eigenvalue weighted by molar-refractivity contribution is 0.127. The van der Waals surface area contributed by atoms with Crippen LogP contribution in [0.15, 0.2) is 18.2 Å². The Hall–Kier alpha value is -0.630. The predicted octanol–water partition coefficient (Wildman–Crippen LogP) is 5.85. The van der Waals surface area contributed by atoms with Gasteiger partial charge in [0.2, 0.25) is 0 Å². The maximum absolute atomic E-state index is 13.9. The summed E-state index contributed by atoms with van der Waals surface area (Å²) >= 11 is 6.51. The Morgan fingerprint density at radius 2 is 1.75 bits per heavy atom. The fraction of sp³-hybridized carbons (Fsp3) is 0.647. The van der Waals surface area contributed by atoms with Crippen molar-refractivity contribution in [3.05, 3.63) is 35.4 Å². The van der Waals surface area contributed by atoms with Gasteiger partial charge in [0.1, 0.15) is 11.6 Å². The van der Waals surface area contributed by atoms with Gasteiger partial charge in [-0.2, -0.15) is 0 Å². The molecule has 4 atom stereocenters. The molecule has 0 aromatic heterocycles. The normalized spacial score (nSPS) is 31.6. The van der Waals surface area contributed by atoms with Crippen molar-refractivity contribution in [2.24, 2.45) is 17.8 Å². The van der Waals surface area contributed by atoms with E-state index in [1.165, 1.54) is 44.2 Å². The lowest BCUT2D eigenvalue weighted by Crippen LogP contribution is -2.29. The van der Waals surface area contributed by atoms with Crippen molar-refractivity contribution in [2.75, 3.05) is 0 Å². The highest BCUT2D eigenvalue weighted by Crippen LogP contribution is 2.48. The van der Waals surface area contributed by atoms with Crippen molar-refractivity contribution in [2.45, 2.75) is 50.3 Å². The molecule has 0 radical (unpaired) electrons. The van der Waals surface area contributed by atoms with E-state index in [0.29, 0.717) is 11.5 Å². The van der Waals surface area contributed by atoms with E-state index in [1.54, 1.807) is 0 Å². The van der Waals surface area contributed by atoms with Gasteiger partial charge >= 0.3 is 0 Å². The van der Waals surface area contributed by atoms with Gasteiger partial charge in [0.15, 0.2) is 0 Å². The molecule has 110 valence electrons. The monoisotopic (exact) mass is 298 g/mol. The highest BCUT2D eigenvalue weighted by molar-refractivity contribution is 6.21. The second-order valence-corrected chi connectivity index (χ2v) is 6.92. The van der Waals surface area contributed by atoms with Crippen LogP contribution in [-0.4, -0.2) is 0 Å². The Labute approximate surface area is 124 Å². The highest BCUT2D eigenvalue weighted by Gasteiger charge is 2.35. The number of alkyl halides is 1. The van der Waals surface area contributed by atoms with Crippen LogP contribution in [-0.2, 0) is 0 Å². The van der Waals surface area contributed by atoms with Crippen LogP contribution in [0.25, 0.3) is 0 Å². The minimum atomic E-state index is -0.536. The smallest absolute Gasteiger partial charge is 0.130 e. The third kappa shape index (κ3) is 2.86. The SMILES string of the molecule is Fc1ccc(C(Cl)C2CCC3CCCCC3C2)c(F)c1. The van der Waals surface area contributed by atoms with Crippen LogP contribution in [0.5, 0.6) is 0 Å². The van der Waals surface area contributed by atoms with E-state index in [0.717, 1.165) is 30.7 Å². The van der Waals surface area contributed by atoms with Crippen molar-refractivity contribution in [3.63, 3.8) is 0 Å². The molecule has 2 saturated carbocycles. The standard InChI is InChI=1S/C17H21ClF2/c18-17(15-8-7-14(19)10-16(15)20)13-6-5-11-3-1-2-4-12(11)9-13/h7-8,10-13,17H,1-6,9H2. The van der Waals surface area contributed by atoms with Crippen molar-refractivity contribution in [1.29, 1.82) is 0 Å². The first kappa shape index (κ1) is 14.3. The highest BCUT2D eigenvalue weighted by atomic mass is 35.5. The molecule has 0 spiro atoms. The van der Waals surface area contributed by atoms with Gasteiger partial charge in [0, 0.05) is 11.6 Å². The maximum Gasteiger partial charge on any atom is 0.130 e. The molecule has 1 aromatic rings. The molecule has 3 heteroatoms. The molecule has 0 N–H and O–H groups in total. The average molecular weight is 299 g/mol. The zero-order valence-electron chi connectivity index (χ0n) is 11.6. The second-order valence-electron chi connectivity index (χ2n) is 6.45. The third-order valence-electron chi connectivity index (χ3n) is 5.25. The Kier molecular flexibility index (Phi) is 4.30. The number of hydrogen-bond acceptors (Lipinski definition) is 0. The van der Waals surface area contributed by atoms with Crippen molar-refractivity contribution >= 4 is 11.6 Å². The van der Waals surface area contributed by atoms with Gasteiger partial charge in [-0.1, -0.05) is 31.7 Å². The molecule has 1 aromatic carbocycles. The molecule has 0 aliphatic heterocycles. The van der Waals surface area contributed by atoms with Crippen LogP contribution in [0, 0.1) is 29.4 Å². The summed E-state index contributed by atoms with van der Waals surface area (Å²) in [6.45, 7) is 0. The fourth-order valence-corrected chi connectivity index (χ4v) is 4.56. The minimum Gasteiger partial charge on any atom is -0.207 e. The number of benzene rings is 1. The Morgan fingerprint density at radius 1 is 1.00 bits per heavy atom. The summed E-state index contributed by atoms with van der Waals surface area (Å²) in [6, 6.07) is 3.76. The van der Waals surface area contributed by atoms with Crippen LogP contribution < -0.4 is 0 Å². The number of halogens is 3. The summed E-state index contributed by atoms with van der Waals surface area (Å²) in [4.78, 5) is 0. The molecule has 0 bridgehead atoms. The molecule has 0 amide bonds. The predicted molar refractivity (Wildman–Crippen MR) is 77.7 cm³/mol. The van der Waals surface area contributed by atoms with Gasteiger partial charge in [-0.05, 0) is 43.1 Å². The Morgan fingerprint density at radius 3 is 2.50 bits per heavy atom. The van der Waals surface area contributed by atoms with Crippen molar-refractivity contribution in [1.82, 2.24) is 0 Å². The average Bonchev–Trinajstić information content (AvgIpc) is 2.46. The van der Waals surface area contributed by atoms with Crippen LogP contribution >= 0.6 is 11.6 Å². The molecular weight excluding hydrogens is 278 g/mol. The van der Waals surface area contributed by atoms with Crippen molar-refractivity contribution < 1.29 is 8.78 Å². The molecule has 4 unspecified atom stereocenters. The van der Waals surface area contributed by atoms with E-state index in [1.807, 2.05) is 0 Å². The summed E-state index contributed by atoms with van der Waals surface area (Å²) in [5.74, 6) is 0.923. The third-order valence-corrected chi connectivity index (χ3v) is 5.85. The summed E-state index contributed by atoms with van der Waals surface area (Å²) in [5, 5.41) is -0.321. The zero-order chi connectivity index (χ0) is 14.1. The van der Waals surface area contributed by atoms with Gasteiger partial charge in [0.05, 0.1) is 5.38 Å². The first-order valence-corrected chi connectivity index (χ1v) is 8.18. The molecule has 0 saturated heterocycles. The Bertz CT molecular complexity index is 474. The first-order chi connectivity index (χ1) is 9.65. The first-order valence-electron chi connectivity index (χ1n) is 7.74. The van der Waals surface area contributed by atoms with Crippen molar-refractivity contribution in [3.8, 4) is 0 Å². The summed E-state index contributed by atoms with van der Waals surface area (Å²) in [6.07, 6.45) is 8.75. The maximum atomic E-state index is 13.9. The minimum absolute atomic E-state index is 0.321. The number of fused-ring (bicyclic) bond motifs is 1. The number of hydrogen-bond donors (Lipinski definition) is 0. The van der Waals surface area contributed by atoms with E-state index >= 15 is 0 Å². The molecule has 0 nitrogen and oxygen atoms in total. The lowest BCUT2D eigenvalue weighted by Gasteiger charge is -2.40. The molecule has 3 rings (SSSR count). The van der Waals surface area contributed by atoms with Crippen LogP contribution in [0.2, 0.25) is 0 Å². The summed E-state index contributed by atoms with van der Waals surface area (Å²) in [7, 11) is 0. The van der Waals surface area contributed by atoms with Crippen LogP contribution in [0.1, 0.15) is 55.9 Å². The largest absolute Gasteiger partial charge is 0.207 e. The van der Waals surface area contributed by atoms with Crippen LogP contribution in [0.4, 0.5) is 8.78 Å². The summed E-state index contributed by atoms with van der Waals surface area (Å²) in [5.41, 5.74) is 0.465. The van der Waals surface area contributed by atoms with E-state index in [-0.39, 0.29) is 5.38 Å². The number of rotatable bonds is 2. The quantitative estimate of drug-likeness (QED) is 0.601. The van der Waals surface area contributed by atoms with E-state index in [4.69, 9.17) is 11.6 Å². The molecular formula is C17H21ClF2. The molecule has 2 fully saturated rings. The Balaban J connectivity index is 1.72. The van der Waals surface area contributed by atoms with E-state index < -0.39 is 11.6 Å². The molecule has 20 heavy (non-hydrogen) atoms. The van der Waals surface area contributed by atoms with E-state index in [9.17, 15) is 8.78 Å². The van der Waals surface area contributed by atoms with Gasteiger partial charge < -0.3 is 0 Å². The molecule has 2 aliphatic carbocycles. The van der Waals surface area contributed by atoms with Gasteiger partial charge in [-0.25, -0.2) is 8.78 Å².